The second-order valence-corrected chi connectivity index (χ2v) is 8.76. The molecule has 5 rings (SSSR count). The Labute approximate surface area is 188 Å². The molecule has 0 spiro atoms. The van der Waals surface area contributed by atoms with E-state index in [1.807, 2.05) is 24.4 Å². The number of rotatable bonds is 3. The molecule has 1 saturated heterocycles. The van der Waals surface area contributed by atoms with Crippen LogP contribution in [0.2, 0.25) is 0 Å². The maximum atomic E-state index is 5.00. The van der Waals surface area contributed by atoms with Crippen LogP contribution in [-0.2, 0) is 0 Å². The topological polar surface area (TPSA) is 62.5 Å². The number of hydrogen-bond donors (Lipinski definition) is 0. The first kappa shape index (κ1) is 20.4. The SMILES string of the molecule is Cc1ccc(-c2nn3c(N4CCN(c5nc(C)cc(C)n5)CC4)cc(C)nc3c2C)cc1. The summed E-state index contributed by atoms with van der Waals surface area (Å²) >= 11 is 0. The summed E-state index contributed by atoms with van der Waals surface area (Å²) in [6.45, 7) is 13.8. The zero-order valence-corrected chi connectivity index (χ0v) is 19.4. The van der Waals surface area contributed by atoms with Crippen molar-refractivity contribution in [3.8, 4) is 11.3 Å². The highest BCUT2D eigenvalue weighted by molar-refractivity contribution is 5.72. The molecule has 32 heavy (non-hydrogen) atoms. The Balaban J connectivity index is 1.47. The number of hydrogen-bond acceptors (Lipinski definition) is 6. The lowest BCUT2D eigenvalue weighted by Gasteiger charge is -2.36. The highest BCUT2D eigenvalue weighted by atomic mass is 15.4. The third-order valence-electron chi connectivity index (χ3n) is 6.11. The van der Waals surface area contributed by atoms with Crippen molar-refractivity contribution in [3.05, 3.63) is 64.6 Å². The Morgan fingerprint density at radius 2 is 1.28 bits per heavy atom. The minimum absolute atomic E-state index is 0.829. The molecule has 0 aliphatic carbocycles. The molecule has 7 heteroatoms. The maximum Gasteiger partial charge on any atom is 0.225 e. The van der Waals surface area contributed by atoms with E-state index in [0.29, 0.717) is 0 Å². The van der Waals surface area contributed by atoms with Crippen molar-refractivity contribution < 1.29 is 0 Å². The van der Waals surface area contributed by atoms with Gasteiger partial charge in [-0.05, 0) is 40.7 Å². The molecular formula is C25H29N7. The Kier molecular flexibility index (Phi) is 5.04. The van der Waals surface area contributed by atoms with Crippen molar-refractivity contribution in [2.75, 3.05) is 36.0 Å². The van der Waals surface area contributed by atoms with E-state index in [4.69, 9.17) is 10.1 Å². The minimum atomic E-state index is 0.829. The Bertz CT molecular complexity index is 1260. The van der Waals surface area contributed by atoms with Crippen LogP contribution in [0, 0.1) is 34.6 Å². The van der Waals surface area contributed by atoms with Gasteiger partial charge in [-0.2, -0.15) is 9.61 Å². The summed E-state index contributed by atoms with van der Waals surface area (Å²) in [5, 5.41) is 5.00. The van der Waals surface area contributed by atoms with Crippen LogP contribution in [0.4, 0.5) is 11.8 Å². The van der Waals surface area contributed by atoms with Crippen LogP contribution in [-0.4, -0.2) is 50.7 Å². The van der Waals surface area contributed by atoms with Gasteiger partial charge in [0.05, 0.1) is 5.69 Å². The van der Waals surface area contributed by atoms with E-state index in [9.17, 15) is 0 Å². The molecule has 0 atom stereocenters. The predicted octanol–water partition coefficient (Wildman–Crippen LogP) is 4.06. The molecule has 1 aromatic carbocycles. The molecule has 4 heterocycles. The molecule has 0 saturated carbocycles. The van der Waals surface area contributed by atoms with Gasteiger partial charge in [0.25, 0.3) is 0 Å². The van der Waals surface area contributed by atoms with Crippen LogP contribution in [0.1, 0.15) is 28.2 Å². The molecule has 7 nitrogen and oxygen atoms in total. The predicted molar refractivity (Wildman–Crippen MR) is 129 cm³/mol. The fourth-order valence-electron chi connectivity index (χ4n) is 4.42. The van der Waals surface area contributed by atoms with Crippen molar-refractivity contribution in [2.45, 2.75) is 34.6 Å². The molecule has 164 valence electrons. The zero-order chi connectivity index (χ0) is 22.4. The number of nitrogens with zero attached hydrogens (tertiary/aromatic N) is 7. The number of anilines is 2. The van der Waals surface area contributed by atoms with Gasteiger partial charge >= 0.3 is 0 Å². The molecule has 0 radical (unpaired) electrons. The van der Waals surface area contributed by atoms with Crippen LogP contribution in [0.3, 0.4) is 0 Å². The molecule has 1 fully saturated rings. The van der Waals surface area contributed by atoms with Crippen molar-refractivity contribution in [2.24, 2.45) is 0 Å². The van der Waals surface area contributed by atoms with Gasteiger partial charge in [-0.15, -0.1) is 0 Å². The third kappa shape index (κ3) is 3.68. The van der Waals surface area contributed by atoms with E-state index in [-0.39, 0.29) is 0 Å². The van der Waals surface area contributed by atoms with Crippen LogP contribution in [0.15, 0.2) is 36.4 Å². The van der Waals surface area contributed by atoms with Gasteiger partial charge in [-0.1, -0.05) is 29.8 Å². The Morgan fingerprint density at radius 1 is 0.688 bits per heavy atom. The first-order chi connectivity index (χ1) is 15.4. The summed E-state index contributed by atoms with van der Waals surface area (Å²) in [6, 6.07) is 12.7. The smallest absolute Gasteiger partial charge is 0.225 e. The van der Waals surface area contributed by atoms with Crippen molar-refractivity contribution in [1.29, 1.82) is 0 Å². The second kappa shape index (κ2) is 7.89. The summed E-state index contributed by atoms with van der Waals surface area (Å²) < 4.78 is 2.01. The summed E-state index contributed by atoms with van der Waals surface area (Å²) in [5.41, 5.74) is 8.43. The number of aromatic nitrogens is 5. The van der Waals surface area contributed by atoms with Gasteiger partial charge in [-0.25, -0.2) is 15.0 Å². The zero-order valence-electron chi connectivity index (χ0n) is 19.4. The highest BCUT2D eigenvalue weighted by Gasteiger charge is 2.23. The third-order valence-corrected chi connectivity index (χ3v) is 6.11. The van der Waals surface area contributed by atoms with E-state index in [2.05, 4.69) is 70.9 Å². The van der Waals surface area contributed by atoms with E-state index >= 15 is 0 Å². The lowest BCUT2D eigenvalue weighted by Crippen LogP contribution is -2.47. The summed E-state index contributed by atoms with van der Waals surface area (Å²) in [6.07, 6.45) is 0. The molecule has 3 aromatic heterocycles. The van der Waals surface area contributed by atoms with Crippen LogP contribution < -0.4 is 9.80 Å². The number of fused-ring (bicyclic) bond motifs is 1. The van der Waals surface area contributed by atoms with E-state index < -0.39 is 0 Å². The van der Waals surface area contributed by atoms with Crippen LogP contribution in [0.25, 0.3) is 16.9 Å². The van der Waals surface area contributed by atoms with Gasteiger partial charge in [0, 0.05) is 60.5 Å². The largest absolute Gasteiger partial charge is 0.353 e. The molecule has 0 unspecified atom stereocenters. The standard InChI is InChI=1S/C25H29N7/c1-16-6-8-21(9-7-16)23-20(5)24-26-19(4)15-22(32(24)29-23)30-10-12-31(13-11-30)25-27-17(2)14-18(3)28-25/h6-9,14-15H,10-13H2,1-5H3. The second-order valence-electron chi connectivity index (χ2n) is 8.76. The normalized spacial score (nSPS) is 14.4. The monoisotopic (exact) mass is 427 g/mol. The molecule has 0 bridgehead atoms. The number of aryl methyl sites for hydroxylation is 5. The van der Waals surface area contributed by atoms with Crippen molar-refractivity contribution >= 4 is 17.4 Å². The first-order valence-electron chi connectivity index (χ1n) is 11.2. The average Bonchev–Trinajstić information content (AvgIpc) is 3.09. The van der Waals surface area contributed by atoms with Gasteiger partial charge in [-0.3, -0.25) is 0 Å². The fraction of sp³-hybridized carbons (Fsp3) is 0.360. The summed E-state index contributed by atoms with van der Waals surface area (Å²) in [7, 11) is 0. The fourth-order valence-corrected chi connectivity index (χ4v) is 4.42. The van der Waals surface area contributed by atoms with Crippen molar-refractivity contribution in [1.82, 2.24) is 24.6 Å². The van der Waals surface area contributed by atoms with E-state index in [0.717, 1.165) is 77.5 Å². The van der Waals surface area contributed by atoms with Crippen LogP contribution in [0.5, 0.6) is 0 Å². The molecular weight excluding hydrogens is 398 g/mol. The molecule has 4 aromatic rings. The van der Waals surface area contributed by atoms with Gasteiger partial charge in [0.15, 0.2) is 5.65 Å². The summed E-state index contributed by atoms with van der Waals surface area (Å²) in [5.74, 6) is 1.92. The lowest BCUT2D eigenvalue weighted by atomic mass is 10.1. The molecule has 1 aliphatic rings. The molecule has 0 amide bonds. The van der Waals surface area contributed by atoms with Gasteiger partial charge in [0.2, 0.25) is 5.95 Å². The van der Waals surface area contributed by atoms with Crippen molar-refractivity contribution in [3.63, 3.8) is 0 Å². The van der Waals surface area contributed by atoms with E-state index in [1.165, 1.54) is 5.56 Å². The Morgan fingerprint density at radius 3 is 1.94 bits per heavy atom. The van der Waals surface area contributed by atoms with Gasteiger partial charge in [0.1, 0.15) is 5.82 Å². The molecule has 1 aliphatic heterocycles. The maximum absolute atomic E-state index is 5.00. The van der Waals surface area contributed by atoms with Gasteiger partial charge < -0.3 is 9.80 Å². The van der Waals surface area contributed by atoms with E-state index in [1.54, 1.807) is 0 Å². The number of benzene rings is 1. The van der Waals surface area contributed by atoms with Crippen LogP contribution >= 0.6 is 0 Å². The quantitative estimate of drug-likeness (QED) is 0.491. The first-order valence-corrected chi connectivity index (χ1v) is 11.2. The lowest BCUT2D eigenvalue weighted by molar-refractivity contribution is 0.625. The number of piperazine rings is 1. The average molecular weight is 428 g/mol. The highest BCUT2D eigenvalue weighted by Crippen LogP contribution is 2.29. The molecule has 0 N–H and O–H groups in total. The summed E-state index contributed by atoms with van der Waals surface area (Å²) in [4.78, 5) is 18.8. The minimum Gasteiger partial charge on any atom is -0.353 e. The Hall–Kier alpha value is -3.48.